The molecule has 0 saturated heterocycles. The third-order valence-electron chi connectivity index (χ3n) is 5.87. The smallest absolute Gasteiger partial charge is 0.272 e. The summed E-state index contributed by atoms with van der Waals surface area (Å²) >= 11 is 1.23. The van der Waals surface area contributed by atoms with Crippen molar-refractivity contribution in [3.05, 3.63) is 135 Å². The zero-order valence-electron chi connectivity index (χ0n) is 22.3. The zero-order chi connectivity index (χ0) is 30.1. The monoisotopic (exact) mass is 584 g/mol. The summed E-state index contributed by atoms with van der Waals surface area (Å²) in [6.07, 6.45) is 1.44. The Morgan fingerprint density at radius 3 is 2.33 bits per heavy atom. The molecule has 0 aliphatic heterocycles. The zero-order valence-corrected chi connectivity index (χ0v) is 23.1. The highest BCUT2D eigenvalue weighted by Crippen LogP contribution is 2.24. The number of aryl methyl sites for hydroxylation is 1. The fourth-order valence-electron chi connectivity index (χ4n) is 3.77. The second kappa shape index (κ2) is 13.9. The first-order valence-electron chi connectivity index (χ1n) is 12.6. The van der Waals surface area contributed by atoms with Crippen LogP contribution in [0.5, 0.6) is 0 Å². The van der Waals surface area contributed by atoms with E-state index in [1.54, 1.807) is 61.5 Å². The van der Waals surface area contributed by atoms with Gasteiger partial charge in [-0.3, -0.25) is 24.5 Å². The summed E-state index contributed by atoms with van der Waals surface area (Å²) in [5, 5.41) is 19.1. The van der Waals surface area contributed by atoms with Gasteiger partial charge in [0.15, 0.2) is 0 Å². The van der Waals surface area contributed by atoms with Gasteiger partial charge in [-0.05, 0) is 72.7 Å². The number of thioether (sulfide) groups is 1. The molecule has 4 aromatic carbocycles. The van der Waals surface area contributed by atoms with E-state index in [1.165, 1.54) is 60.3 Å². The fourth-order valence-corrected chi connectivity index (χ4v) is 4.52. The Morgan fingerprint density at radius 2 is 1.64 bits per heavy atom. The molecular weight excluding hydrogens is 559 g/mol. The molecule has 3 N–H and O–H groups in total. The second-order valence-corrected chi connectivity index (χ2v) is 10.1. The summed E-state index contributed by atoms with van der Waals surface area (Å²) in [6, 6.07) is 24.9. The highest BCUT2D eigenvalue weighted by molar-refractivity contribution is 8.00. The summed E-state index contributed by atoms with van der Waals surface area (Å²) in [5.74, 6) is -1.77. The number of nitro benzene ring substituents is 1. The van der Waals surface area contributed by atoms with Crippen molar-refractivity contribution in [3.8, 4) is 0 Å². The average molecular weight is 585 g/mol. The minimum absolute atomic E-state index is 0.0497. The molecule has 9 nitrogen and oxygen atoms in total. The molecule has 0 aliphatic rings. The summed E-state index contributed by atoms with van der Waals surface area (Å²) in [5.41, 5.74) is 2.22. The molecule has 0 saturated carbocycles. The number of benzene rings is 4. The number of amides is 3. The Balaban J connectivity index is 1.43. The van der Waals surface area contributed by atoms with Crippen molar-refractivity contribution < 1.29 is 23.7 Å². The van der Waals surface area contributed by atoms with Gasteiger partial charge in [-0.15, -0.1) is 11.8 Å². The molecule has 0 aliphatic carbocycles. The molecule has 4 rings (SSSR count). The van der Waals surface area contributed by atoms with E-state index in [-0.39, 0.29) is 23.0 Å². The van der Waals surface area contributed by atoms with Crippen LogP contribution in [0.15, 0.2) is 108 Å². The molecule has 0 radical (unpaired) electrons. The third-order valence-corrected chi connectivity index (χ3v) is 6.86. The molecule has 212 valence electrons. The van der Waals surface area contributed by atoms with Gasteiger partial charge in [0.25, 0.3) is 17.5 Å². The topological polar surface area (TPSA) is 130 Å². The normalized spacial score (nSPS) is 11.0. The van der Waals surface area contributed by atoms with Crippen molar-refractivity contribution >= 4 is 52.6 Å². The largest absolute Gasteiger partial charge is 0.325 e. The van der Waals surface area contributed by atoms with Crippen LogP contribution in [-0.2, 0) is 9.59 Å². The number of rotatable bonds is 10. The van der Waals surface area contributed by atoms with Crippen molar-refractivity contribution in [2.45, 2.75) is 11.8 Å². The van der Waals surface area contributed by atoms with E-state index >= 15 is 0 Å². The van der Waals surface area contributed by atoms with Gasteiger partial charge in [0.05, 0.1) is 10.7 Å². The number of halogens is 1. The Kier molecular flexibility index (Phi) is 9.80. The van der Waals surface area contributed by atoms with E-state index in [1.807, 2.05) is 0 Å². The van der Waals surface area contributed by atoms with Gasteiger partial charge in [-0.25, -0.2) is 4.39 Å². The first-order valence-corrected chi connectivity index (χ1v) is 13.6. The maximum atomic E-state index is 13.4. The Bertz CT molecular complexity index is 1660. The van der Waals surface area contributed by atoms with E-state index in [0.29, 0.717) is 33.0 Å². The highest BCUT2D eigenvalue weighted by atomic mass is 32.2. The van der Waals surface area contributed by atoms with E-state index in [0.717, 1.165) is 0 Å². The molecule has 0 bridgehead atoms. The molecule has 0 aromatic heterocycles. The third kappa shape index (κ3) is 8.35. The van der Waals surface area contributed by atoms with Crippen molar-refractivity contribution in [2.24, 2.45) is 0 Å². The maximum absolute atomic E-state index is 13.4. The lowest BCUT2D eigenvalue weighted by Gasteiger charge is -2.12. The summed E-state index contributed by atoms with van der Waals surface area (Å²) in [6.45, 7) is 1.67. The molecule has 11 heteroatoms. The minimum Gasteiger partial charge on any atom is -0.325 e. The predicted molar refractivity (Wildman–Crippen MR) is 161 cm³/mol. The van der Waals surface area contributed by atoms with Gasteiger partial charge in [0.2, 0.25) is 5.91 Å². The minimum atomic E-state index is -0.600. The molecule has 0 heterocycles. The maximum Gasteiger partial charge on any atom is 0.272 e. The van der Waals surface area contributed by atoms with Gasteiger partial charge in [-0.1, -0.05) is 36.4 Å². The molecule has 4 aromatic rings. The van der Waals surface area contributed by atoms with Gasteiger partial charge < -0.3 is 16.0 Å². The number of anilines is 2. The van der Waals surface area contributed by atoms with Crippen molar-refractivity contribution in [2.75, 3.05) is 16.4 Å². The van der Waals surface area contributed by atoms with E-state index < -0.39 is 22.6 Å². The first kappa shape index (κ1) is 29.7. The SMILES string of the molecule is Cc1cc([N+](=O)[O-])ccc1NC(=O)CSc1cccc(NC(=O)/C(=C/c2ccc(F)cc2)NC(=O)c2ccccc2)c1. The molecule has 42 heavy (non-hydrogen) atoms. The predicted octanol–water partition coefficient (Wildman–Crippen LogP) is 6.18. The number of hydrogen-bond donors (Lipinski definition) is 3. The van der Waals surface area contributed by atoms with E-state index in [4.69, 9.17) is 0 Å². The van der Waals surface area contributed by atoms with Crippen LogP contribution in [0.4, 0.5) is 21.5 Å². The van der Waals surface area contributed by atoms with E-state index in [2.05, 4.69) is 16.0 Å². The van der Waals surface area contributed by atoms with Crippen LogP contribution in [0.25, 0.3) is 6.08 Å². The van der Waals surface area contributed by atoms with Crippen LogP contribution in [-0.4, -0.2) is 28.4 Å². The summed E-state index contributed by atoms with van der Waals surface area (Å²) in [4.78, 5) is 49.7. The number of hydrogen-bond acceptors (Lipinski definition) is 6. The Morgan fingerprint density at radius 1 is 0.905 bits per heavy atom. The number of nitrogens with zero attached hydrogens (tertiary/aromatic N) is 1. The lowest BCUT2D eigenvalue weighted by atomic mass is 10.1. The number of carbonyl (C=O) groups excluding carboxylic acids is 3. The number of nitro groups is 1. The van der Waals surface area contributed by atoms with Crippen molar-refractivity contribution in [1.82, 2.24) is 5.32 Å². The number of non-ortho nitro benzene ring substituents is 1. The van der Waals surface area contributed by atoms with Crippen molar-refractivity contribution in [1.29, 1.82) is 0 Å². The Hall–Kier alpha value is -5.29. The molecule has 0 spiro atoms. The van der Waals surface area contributed by atoms with Crippen LogP contribution in [0.1, 0.15) is 21.5 Å². The van der Waals surface area contributed by atoms with Gasteiger partial charge >= 0.3 is 0 Å². The van der Waals surface area contributed by atoms with Crippen LogP contribution in [0, 0.1) is 22.9 Å². The lowest BCUT2D eigenvalue weighted by Crippen LogP contribution is -2.30. The highest BCUT2D eigenvalue weighted by Gasteiger charge is 2.16. The molecule has 0 fully saturated rings. The van der Waals surface area contributed by atoms with Crippen LogP contribution in [0.2, 0.25) is 0 Å². The standard InChI is InChI=1S/C31H25FN4O5S/c1-20-16-25(36(40)41)14-15-27(20)34-29(37)19-42-26-9-5-8-24(18-26)33-31(39)28(17-21-10-12-23(32)13-11-21)35-30(38)22-6-3-2-4-7-22/h2-18H,19H2,1H3,(H,33,39)(H,34,37)(H,35,38)/b28-17-. The van der Waals surface area contributed by atoms with E-state index in [9.17, 15) is 28.9 Å². The van der Waals surface area contributed by atoms with Gasteiger partial charge in [0, 0.05) is 34.0 Å². The van der Waals surface area contributed by atoms with Crippen LogP contribution in [0.3, 0.4) is 0 Å². The van der Waals surface area contributed by atoms with Gasteiger partial charge in [-0.2, -0.15) is 0 Å². The molecular formula is C31H25FN4O5S. The van der Waals surface area contributed by atoms with Crippen LogP contribution < -0.4 is 16.0 Å². The van der Waals surface area contributed by atoms with Crippen LogP contribution >= 0.6 is 11.8 Å². The number of nitrogens with one attached hydrogen (secondary N) is 3. The number of carbonyl (C=O) groups is 3. The quantitative estimate of drug-likeness (QED) is 0.0883. The fraction of sp³-hybridized carbons (Fsp3) is 0.0645. The second-order valence-electron chi connectivity index (χ2n) is 9.00. The van der Waals surface area contributed by atoms with Gasteiger partial charge in [0.1, 0.15) is 11.5 Å². The summed E-state index contributed by atoms with van der Waals surface area (Å²) < 4.78 is 13.4. The average Bonchev–Trinajstić information content (AvgIpc) is 2.98. The first-order chi connectivity index (χ1) is 20.2. The molecule has 3 amide bonds. The Labute approximate surface area is 245 Å². The molecule has 0 unspecified atom stereocenters. The molecule has 0 atom stereocenters. The van der Waals surface area contributed by atoms with Crippen molar-refractivity contribution in [3.63, 3.8) is 0 Å². The summed E-state index contributed by atoms with van der Waals surface area (Å²) in [7, 11) is 0. The lowest BCUT2D eigenvalue weighted by molar-refractivity contribution is -0.384.